The van der Waals surface area contributed by atoms with Crippen molar-refractivity contribution < 1.29 is 14.3 Å². The number of primary amides is 1. The highest BCUT2D eigenvalue weighted by Crippen LogP contribution is 2.26. The lowest BCUT2D eigenvalue weighted by Gasteiger charge is -2.17. The first kappa shape index (κ1) is 16.8. The van der Waals surface area contributed by atoms with E-state index >= 15 is 0 Å². The fourth-order valence-electron chi connectivity index (χ4n) is 2.24. The molecule has 0 aliphatic heterocycles. The van der Waals surface area contributed by atoms with Crippen LogP contribution in [-0.4, -0.2) is 18.9 Å². The number of methoxy groups -OCH3 is 1. The molecule has 0 aliphatic carbocycles. The molecule has 0 heterocycles. The maximum absolute atomic E-state index is 12.3. The summed E-state index contributed by atoms with van der Waals surface area (Å²) in [5, 5.41) is 3.06. The Morgan fingerprint density at radius 3 is 2.48 bits per heavy atom. The van der Waals surface area contributed by atoms with E-state index in [1.54, 1.807) is 42.5 Å². The van der Waals surface area contributed by atoms with Crippen LogP contribution in [-0.2, 0) is 16.0 Å². The normalized spacial score (nSPS) is 11.6. The number of ether oxygens (including phenoxy) is 1. The largest absolute Gasteiger partial charge is 0.496 e. The van der Waals surface area contributed by atoms with Gasteiger partial charge in [0.1, 0.15) is 11.8 Å². The first-order valence-electron chi connectivity index (χ1n) is 6.98. The molecule has 0 aliphatic rings. The van der Waals surface area contributed by atoms with E-state index in [-0.39, 0.29) is 12.3 Å². The Hall–Kier alpha value is -2.53. The van der Waals surface area contributed by atoms with Crippen LogP contribution in [0.4, 0.5) is 0 Å². The number of hydrogen-bond acceptors (Lipinski definition) is 3. The maximum Gasteiger partial charge on any atom is 0.244 e. The number of carbonyl (C=O) groups excluding carboxylic acids is 2. The summed E-state index contributed by atoms with van der Waals surface area (Å²) in [6.07, 6.45) is -0.0144. The Bertz CT molecular complexity index is 704. The lowest BCUT2D eigenvalue weighted by molar-refractivity contribution is -0.127. The molecule has 0 radical (unpaired) electrons. The minimum Gasteiger partial charge on any atom is -0.496 e. The van der Waals surface area contributed by atoms with Gasteiger partial charge in [0.25, 0.3) is 0 Å². The molecule has 1 atom stereocenters. The van der Waals surface area contributed by atoms with Crippen molar-refractivity contribution in [3.8, 4) is 5.75 Å². The topological polar surface area (TPSA) is 81.4 Å². The molecule has 5 nitrogen and oxygen atoms in total. The maximum atomic E-state index is 12.3. The molecule has 2 amide bonds. The van der Waals surface area contributed by atoms with Gasteiger partial charge in [-0.3, -0.25) is 9.59 Å². The third kappa shape index (κ3) is 4.23. The van der Waals surface area contributed by atoms with E-state index in [9.17, 15) is 9.59 Å². The molecule has 0 saturated carbocycles. The molecule has 120 valence electrons. The van der Waals surface area contributed by atoms with E-state index in [0.29, 0.717) is 21.9 Å². The highest BCUT2D eigenvalue weighted by Gasteiger charge is 2.21. The zero-order chi connectivity index (χ0) is 16.8. The summed E-state index contributed by atoms with van der Waals surface area (Å²) < 4.78 is 5.21. The second kappa shape index (κ2) is 7.65. The standard InChI is InChI=1S/C17H17ClN2O3/c1-23-14-9-5-8-13(18)12(14)10-15(21)20-16(17(19)22)11-6-3-2-4-7-11/h2-9,16H,10H2,1H3,(H2,19,22)(H,20,21)/t16-/m0/s1. The fourth-order valence-corrected chi connectivity index (χ4v) is 2.47. The smallest absolute Gasteiger partial charge is 0.244 e. The van der Waals surface area contributed by atoms with Crippen molar-refractivity contribution in [1.29, 1.82) is 0 Å². The third-order valence-electron chi connectivity index (χ3n) is 3.36. The quantitative estimate of drug-likeness (QED) is 0.851. The lowest BCUT2D eigenvalue weighted by Crippen LogP contribution is -2.38. The number of nitrogens with two attached hydrogens (primary N) is 1. The van der Waals surface area contributed by atoms with Crippen molar-refractivity contribution in [3.05, 3.63) is 64.7 Å². The summed E-state index contributed by atoms with van der Waals surface area (Å²) in [6.45, 7) is 0. The molecule has 0 spiro atoms. The molecule has 23 heavy (non-hydrogen) atoms. The highest BCUT2D eigenvalue weighted by atomic mass is 35.5. The van der Waals surface area contributed by atoms with E-state index in [1.807, 2.05) is 6.07 Å². The first-order chi connectivity index (χ1) is 11.0. The summed E-state index contributed by atoms with van der Waals surface area (Å²) in [4.78, 5) is 23.9. The molecule has 2 aromatic carbocycles. The van der Waals surface area contributed by atoms with E-state index in [4.69, 9.17) is 22.1 Å². The van der Waals surface area contributed by atoms with Crippen LogP contribution in [0.25, 0.3) is 0 Å². The number of nitrogens with one attached hydrogen (secondary N) is 1. The Morgan fingerprint density at radius 2 is 1.87 bits per heavy atom. The SMILES string of the molecule is COc1cccc(Cl)c1CC(=O)N[C@H](C(N)=O)c1ccccc1. The van der Waals surface area contributed by atoms with Gasteiger partial charge < -0.3 is 15.8 Å². The fraction of sp³-hybridized carbons (Fsp3) is 0.176. The average molecular weight is 333 g/mol. The molecule has 6 heteroatoms. The zero-order valence-electron chi connectivity index (χ0n) is 12.6. The van der Waals surface area contributed by atoms with Crippen molar-refractivity contribution in [2.24, 2.45) is 5.73 Å². The van der Waals surface area contributed by atoms with Crippen LogP contribution in [0.3, 0.4) is 0 Å². The molecule has 3 N–H and O–H groups in total. The minimum atomic E-state index is -0.891. The Labute approximate surface area is 139 Å². The molecular weight excluding hydrogens is 316 g/mol. The van der Waals surface area contributed by atoms with Gasteiger partial charge in [-0.25, -0.2) is 0 Å². The van der Waals surface area contributed by atoms with Crippen LogP contribution in [0.2, 0.25) is 5.02 Å². The van der Waals surface area contributed by atoms with Gasteiger partial charge in [0.05, 0.1) is 13.5 Å². The molecule has 0 unspecified atom stereocenters. The van der Waals surface area contributed by atoms with Gasteiger partial charge >= 0.3 is 0 Å². The predicted molar refractivity (Wildman–Crippen MR) is 88.2 cm³/mol. The zero-order valence-corrected chi connectivity index (χ0v) is 13.3. The van der Waals surface area contributed by atoms with Gasteiger partial charge in [0.15, 0.2) is 0 Å². The number of halogens is 1. The number of rotatable bonds is 6. The number of benzene rings is 2. The van der Waals surface area contributed by atoms with Gasteiger partial charge in [-0.05, 0) is 17.7 Å². The van der Waals surface area contributed by atoms with Crippen LogP contribution in [0.5, 0.6) is 5.75 Å². The van der Waals surface area contributed by atoms with Crippen LogP contribution >= 0.6 is 11.6 Å². The number of hydrogen-bond donors (Lipinski definition) is 2. The molecule has 0 aromatic heterocycles. The summed E-state index contributed by atoms with van der Waals surface area (Å²) >= 11 is 6.12. The molecule has 0 bridgehead atoms. The van der Waals surface area contributed by atoms with E-state index < -0.39 is 11.9 Å². The second-order valence-electron chi connectivity index (χ2n) is 4.91. The van der Waals surface area contributed by atoms with E-state index in [0.717, 1.165) is 0 Å². The Balaban J connectivity index is 2.16. The predicted octanol–water partition coefficient (Wildman–Crippen LogP) is 2.23. The Morgan fingerprint density at radius 1 is 1.17 bits per heavy atom. The summed E-state index contributed by atoms with van der Waals surface area (Å²) in [6, 6.07) is 13.1. The van der Waals surface area contributed by atoms with Crippen molar-refractivity contribution in [3.63, 3.8) is 0 Å². The third-order valence-corrected chi connectivity index (χ3v) is 3.71. The van der Waals surface area contributed by atoms with Gasteiger partial charge in [-0.2, -0.15) is 0 Å². The monoisotopic (exact) mass is 332 g/mol. The van der Waals surface area contributed by atoms with Gasteiger partial charge in [-0.1, -0.05) is 48.0 Å². The summed E-state index contributed by atoms with van der Waals surface area (Å²) in [5.74, 6) is -0.484. The first-order valence-corrected chi connectivity index (χ1v) is 7.35. The second-order valence-corrected chi connectivity index (χ2v) is 5.32. The van der Waals surface area contributed by atoms with Gasteiger partial charge in [0.2, 0.25) is 11.8 Å². The van der Waals surface area contributed by atoms with E-state index in [2.05, 4.69) is 5.32 Å². The number of carbonyl (C=O) groups is 2. The summed E-state index contributed by atoms with van der Waals surface area (Å²) in [7, 11) is 1.50. The lowest BCUT2D eigenvalue weighted by atomic mass is 10.1. The summed E-state index contributed by atoms with van der Waals surface area (Å²) in [5.41, 5.74) is 6.58. The van der Waals surface area contributed by atoms with Crippen LogP contribution < -0.4 is 15.8 Å². The van der Waals surface area contributed by atoms with Crippen LogP contribution in [0, 0.1) is 0 Å². The molecule has 0 saturated heterocycles. The van der Waals surface area contributed by atoms with Crippen LogP contribution in [0.1, 0.15) is 17.2 Å². The minimum absolute atomic E-state index is 0.0144. The van der Waals surface area contributed by atoms with E-state index in [1.165, 1.54) is 7.11 Å². The van der Waals surface area contributed by atoms with Gasteiger partial charge in [-0.15, -0.1) is 0 Å². The Kier molecular flexibility index (Phi) is 5.60. The van der Waals surface area contributed by atoms with Crippen molar-refractivity contribution in [2.75, 3.05) is 7.11 Å². The van der Waals surface area contributed by atoms with Crippen LogP contribution in [0.15, 0.2) is 48.5 Å². The molecular formula is C17H17ClN2O3. The molecule has 2 rings (SSSR count). The van der Waals surface area contributed by atoms with Crippen molar-refractivity contribution in [1.82, 2.24) is 5.32 Å². The van der Waals surface area contributed by atoms with Crippen molar-refractivity contribution >= 4 is 23.4 Å². The molecule has 0 fully saturated rings. The molecule has 2 aromatic rings. The average Bonchev–Trinajstić information content (AvgIpc) is 2.55. The van der Waals surface area contributed by atoms with Gasteiger partial charge in [0, 0.05) is 10.6 Å². The number of amides is 2. The highest BCUT2D eigenvalue weighted by molar-refractivity contribution is 6.31. The van der Waals surface area contributed by atoms with Crippen molar-refractivity contribution in [2.45, 2.75) is 12.5 Å².